The maximum atomic E-state index is 12.7. The average molecular weight is 379 g/mol. The van der Waals surface area contributed by atoms with Crippen LogP contribution in [0, 0.1) is 0 Å². The molecule has 2 aromatic carbocycles. The fourth-order valence-electron chi connectivity index (χ4n) is 2.74. The topological polar surface area (TPSA) is 113 Å². The SMILES string of the molecule is COc1cccc(CN(CC(N)=O)C(=O)Nc2ccc(-c3cn[nH]c3)cc2)c1. The van der Waals surface area contributed by atoms with Gasteiger partial charge in [0.15, 0.2) is 0 Å². The van der Waals surface area contributed by atoms with Crippen LogP contribution in [0.15, 0.2) is 60.9 Å². The maximum absolute atomic E-state index is 12.7. The van der Waals surface area contributed by atoms with Gasteiger partial charge < -0.3 is 20.7 Å². The molecule has 0 aliphatic heterocycles. The molecule has 0 aliphatic rings. The van der Waals surface area contributed by atoms with Gasteiger partial charge >= 0.3 is 6.03 Å². The molecule has 3 aromatic rings. The van der Waals surface area contributed by atoms with Crippen LogP contribution in [0.1, 0.15) is 5.56 Å². The van der Waals surface area contributed by atoms with Gasteiger partial charge in [-0.2, -0.15) is 5.10 Å². The van der Waals surface area contributed by atoms with Crippen molar-refractivity contribution in [3.63, 3.8) is 0 Å². The Hall–Kier alpha value is -3.81. The largest absolute Gasteiger partial charge is 0.497 e. The quantitative estimate of drug-likeness (QED) is 0.585. The third kappa shape index (κ3) is 4.88. The molecule has 0 bridgehead atoms. The monoisotopic (exact) mass is 379 g/mol. The molecular formula is C20H21N5O3. The number of carbonyl (C=O) groups excluding carboxylic acids is 2. The van der Waals surface area contributed by atoms with E-state index in [4.69, 9.17) is 10.5 Å². The number of aromatic amines is 1. The average Bonchev–Trinajstić information content (AvgIpc) is 3.22. The Kier molecular flexibility index (Phi) is 5.91. The molecule has 1 aromatic heterocycles. The predicted molar refractivity (Wildman–Crippen MR) is 106 cm³/mol. The summed E-state index contributed by atoms with van der Waals surface area (Å²) < 4.78 is 5.20. The summed E-state index contributed by atoms with van der Waals surface area (Å²) in [6.45, 7) is 0.0230. The number of ether oxygens (including phenoxy) is 1. The number of benzene rings is 2. The number of hydrogen-bond donors (Lipinski definition) is 3. The summed E-state index contributed by atoms with van der Waals surface area (Å²) in [5, 5.41) is 9.47. The van der Waals surface area contributed by atoms with Crippen LogP contribution >= 0.6 is 0 Å². The van der Waals surface area contributed by atoms with Gasteiger partial charge in [-0.25, -0.2) is 4.79 Å². The molecule has 8 heteroatoms. The minimum atomic E-state index is -0.589. The summed E-state index contributed by atoms with van der Waals surface area (Å²) in [7, 11) is 1.57. The predicted octanol–water partition coefficient (Wildman–Crippen LogP) is 2.60. The van der Waals surface area contributed by atoms with Crippen molar-refractivity contribution in [3.8, 4) is 16.9 Å². The Bertz CT molecular complexity index is 939. The number of rotatable bonds is 7. The van der Waals surface area contributed by atoms with E-state index < -0.39 is 11.9 Å². The Balaban J connectivity index is 1.71. The number of nitrogens with zero attached hydrogens (tertiary/aromatic N) is 2. The maximum Gasteiger partial charge on any atom is 0.322 e. The van der Waals surface area contributed by atoms with E-state index in [0.717, 1.165) is 16.7 Å². The Morgan fingerprint density at radius 2 is 1.96 bits per heavy atom. The van der Waals surface area contributed by atoms with Gasteiger partial charge in [-0.05, 0) is 35.4 Å². The van der Waals surface area contributed by atoms with Gasteiger partial charge in [-0.15, -0.1) is 0 Å². The van der Waals surface area contributed by atoms with Crippen molar-refractivity contribution in [1.29, 1.82) is 0 Å². The summed E-state index contributed by atoms with van der Waals surface area (Å²) in [6, 6.07) is 14.2. The molecule has 0 saturated carbocycles. The number of hydrogen-bond acceptors (Lipinski definition) is 4. The van der Waals surface area contributed by atoms with Crippen molar-refractivity contribution < 1.29 is 14.3 Å². The molecule has 144 valence electrons. The van der Waals surface area contributed by atoms with E-state index in [1.807, 2.05) is 30.3 Å². The van der Waals surface area contributed by atoms with E-state index in [9.17, 15) is 9.59 Å². The molecule has 0 radical (unpaired) electrons. The van der Waals surface area contributed by atoms with Gasteiger partial charge in [0, 0.05) is 24.0 Å². The third-order valence-electron chi connectivity index (χ3n) is 4.11. The molecule has 0 saturated heterocycles. The highest BCUT2D eigenvalue weighted by molar-refractivity contribution is 5.92. The minimum Gasteiger partial charge on any atom is -0.497 e. The summed E-state index contributed by atoms with van der Waals surface area (Å²) in [6.07, 6.45) is 3.51. The van der Waals surface area contributed by atoms with E-state index in [1.54, 1.807) is 37.7 Å². The number of primary amides is 1. The Morgan fingerprint density at radius 3 is 2.61 bits per heavy atom. The zero-order valence-corrected chi connectivity index (χ0v) is 15.4. The number of nitrogens with one attached hydrogen (secondary N) is 2. The first-order valence-corrected chi connectivity index (χ1v) is 8.61. The van der Waals surface area contributed by atoms with E-state index >= 15 is 0 Å². The molecule has 3 amide bonds. The van der Waals surface area contributed by atoms with Crippen molar-refractivity contribution >= 4 is 17.6 Å². The Labute approximate surface area is 162 Å². The Morgan fingerprint density at radius 1 is 1.18 bits per heavy atom. The molecule has 0 atom stereocenters. The molecule has 0 spiro atoms. The number of nitrogens with two attached hydrogens (primary N) is 1. The zero-order chi connectivity index (χ0) is 19.9. The normalized spacial score (nSPS) is 10.3. The molecule has 1 heterocycles. The van der Waals surface area contributed by atoms with Gasteiger partial charge in [-0.1, -0.05) is 24.3 Å². The van der Waals surface area contributed by atoms with Crippen molar-refractivity contribution in [2.24, 2.45) is 5.73 Å². The minimum absolute atomic E-state index is 0.198. The number of amides is 3. The van der Waals surface area contributed by atoms with Crippen LogP contribution in [-0.2, 0) is 11.3 Å². The lowest BCUT2D eigenvalue weighted by Gasteiger charge is -2.22. The first-order chi connectivity index (χ1) is 13.5. The first kappa shape index (κ1) is 19.0. The molecule has 3 rings (SSSR count). The fraction of sp³-hybridized carbons (Fsp3) is 0.150. The van der Waals surface area contributed by atoms with Crippen LogP contribution < -0.4 is 15.8 Å². The smallest absolute Gasteiger partial charge is 0.322 e. The molecule has 28 heavy (non-hydrogen) atoms. The molecular weight excluding hydrogens is 358 g/mol. The van der Waals surface area contributed by atoms with Crippen molar-refractivity contribution in [3.05, 3.63) is 66.5 Å². The highest BCUT2D eigenvalue weighted by Gasteiger charge is 2.17. The van der Waals surface area contributed by atoms with Crippen molar-refractivity contribution in [2.75, 3.05) is 19.0 Å². The number of anilines is 1. The second-order valence-electron chi connectivity index (χ2n) is 6.17. The number of H-pyrrole nitrogens is 1. The molecule has 0 unspecified atom stereocenters. The van der Waals surface area contributed by atoms with Gasteiger partial charge in [0.1, 0.15) is 12.3 Å². The van der Waals surface area contributed by atoms with E-state index in [2.05, 4.69) is 15.5 Å². The van der Waals surface area contributed by atoms with E-state index in [0.29, 0.717) is 11.4 Å². The van der Waals surface area contributed by atoms with Crippen LogP contribution in [0.5, 0.6) is 5.75 Å². The van der Waals surface area contributed by atoms with Gasteiger partial charge in [-0.3, -0.25) is 9.89 Å². The van der Waals surface area contributed by atoms with Crippen LogP contribution in [0.25, 0.3) is 11.1 Å². The first-order valence-electron chi connectivity index (χ1n) is 8.61. The molecule has 0 aliphatic carbocycles. The number of carbonyl (C=O) groups is 2. The van der Waals surface area contributed by atoms with Crippen LogP contribution in [0.3, 0.4) is 0 Å². The van der Waals surface area contributed by atoms with Gasteiger partial charge in [0.2, 0.25) is 5.91 Å². The second kappa shape index (κ2) is 8.72. The highest BCUT2D eigenvalue weighted by Crippen LogP contribution is 2.20. The summed E-state index contributed by atoms with van der Waals surface area (Å²) >= 11 is 0. The second-order valence-corrected chi connectivity index (χ2v) is 6.17. The van der Waals surface area contributed by atoms with Gasteiger partial charge in [0.25, 0.3) is 0 Å². The molecule has 0 fully saturated rings. The molecule has 4 N–H and O–H groups in total. The number of methoxy groups -OCH3 is 1. The van der Waals surface area contributed by atoms with Crippen molar-refractivity contribution in [2.45, 2.75) is 6.54 Å². The van der Waals surface area contributed by atoms with Crippen LogP contribution in [-0.4, -0.2) is 40.7 Å². The zero-order valence-electron chi connectivity index (χ0n) is 15.4. The van der Waals surface area contributed by atoms with Crippen LogP contribution in [0.2, 0.25) is 0 Å². The van der Waals surface area contributed by atoms with Gasteiger partial charge in [0.05, 0.1) is 13.3 Å². The lowest BCUT2D eigenvalue weighted by Crippen LogP contribution is -2.40. The summed E-state index contributed by atoms with van der Waals surface area (Å²) in [4.78, 5) is 25.5. The fourth-order valence-corrected chi connectivity index (χ4v) is 2.74. The standard InChI is InChI=1S/C20H21N5O3/c1-28-18-4-2-3-14(9-18)12-25(13-19(21)26)20(27)24-17-7-5-15(6-8-17)16-10-22-23-11-16/h2-11H,12-13H2,1H3,(H2,21,26)(H,22,23)(H,24,27). The summed E-state index contributed by atoms with van der Waals surface area (Å²) in [5.41, 5.74) is 8.67. The lowest BCUT2D eigenvalue weighted by molar-refractivity contribution is -0.118. The van der Waals surface area contributed by atoms with E-state index in [1.165, 1.54) is 4.90 Å². The highest BCUT2D eigenvalue weighted by atomic mass is 16.5. The molecule has 8 nitrogen and oxygen atoms in total. The number of aromatic nitrogens is 2. The number of urea groups is 1. The van der Waals surface area contributed by atoms with Crippen molar-refractivity contribution in [1.82, 2.24) is 15.1 Å². The third-order valence-corrected chi connectivity index (χ3v) is 4.11. The van der Waals surface area contributed by atoms with Crippen LogP contribution in [0.4, 0.5) is 10.5 Å². The summed E-state index contributed by atoms with van der Waals surface area (Å²) in [5.74, 6) is 0.0834. The lowest BCUT2D eigenvalue weighted by atomic mass is 10.1. The van der Waals surface area contributed by atoms with E-state index in [-0.39, 0.29) is 13.1 Å².